The summed E-state index contributed by atoms with van der Waals surface area (Å²) in [6, 6.07) is 0. The Hall–Kier alpha value is -1.19. The molecule has 0 fully saturated rings. The van der Waals surface area contributed by atoms with Gasteiger partial charge < -0.3 is 4.74 Å². The molecule has 0 aliphatic rings. The van der Waals surface area contributed by atoms with E-state index < -0.39 is 5.95 Å². The van der Waals surface area contributed by atoms with Gasteiger partial charge in [0.1, 0.15) is 0 Å². The zero-order chi connectivity index (χ0) is 8.10. The third kappa shape index (κ3) is 2.14. The average molecular weight is 156 g/mol. The molecule has 3 nitrogen and oxygen atoms in total. The fourth-order valence-corrected chi connectivity index (χ4v) is 0.604. The van der Waals surface area contributed by atoms with Gasteiger partial charge in [-0.05, 0) is 6.42 Å². The van der Waals surface area contributed by atoms with Crippen LogP contribution in [0.25, 0.3) is 0 Å². The summed E-state index contributed by atoms with van der Waals surface area (Å²) >= 11 is 0. The van der Waals surface area contributed by atoms with E-state index in [1.807, 2.05) is 6.92 Å². The van der Waals surface area contributed by atoms with E-state index in [1.54, 1.807) is 0 Å². The lowest BCUT2D eigenvalue weighted by Gasteiger charge is -2.01. The first-order valence-electron chi connectivity index (χ1n) is 3.44. The van der Waals surface area contributed by atoms with Gasteiger partial charge >= 0.3 is 0 Å². The van der Waals surface area contributed by atoms with Crippen molar-refractivity contribution in [2.75, 3.05) is 6.61 Å². The molecule has 0 amide bonds. The van der Waals surface area contributed by atoms with Crippen LogP contribution in [0.2, 0.25) is 0 Å². The van der Waals surface area contributed by atoms with Gasteiger partial charge in [-0.2, -0.15) is 4.39 Å². The number of halogens is 1. The highest BCUT2D eigenvalue weighted by molar-refractivity contribution is 5.04. The van der Waals surface area contributed by atoms with E-state index in [0.29, 0.717) is 6.61 Å². The maximum absolute atomic E-state index is 12.6. The van der Waals surface area contributed by atoms with Crippen LogP contribution in [-0.2, 0) is 0 Å². The number of aromatic nitrogens is 2. The predicted octanol–water partition coefficient (Wildman–Crippen LogP) is 1.40. The first-order chi connectivity index (χ1) is 5.34. The van der Waals surface area contributed by atoms with Crippen LogP contribution in [0, 0.1) is 5.95 Å². The number of rotatable bonds is 3. The first-order valence-corrected chi connectivity index (χ1v) is 3.44. The second-order valence-corrected chi connectivity index (χ2v) is 2.00. The minimum Gasteiger partial charge on any atom is -0.474 e. The molecule has 11 heavy (non-hydrogen) atoms. The Morgan fingerprint density at radius 1 is 1.45 bits per heavy atom. The van der Waals surface area contributed by atoms with Crippen LogP contribution in [0.4, 0.5) is 4.39 Å². The monoisotopic (exact) mass is 156 g/mol. The molecule has 0 aliphatic heterocycles. The van der Waals surface area contributed by atoms with Crippen molar-refractivity contribution in [3.05, 3.63) is 18.3 Å². The summed E-state index contributed by atoms with van der Waals surface area (Å²) in [6.07, 6.45) is 3.51. The van der Waals surface area contributed by atoms with Gasteiger partial charge in [-0.3, -0.25) is 0 Å². The summed E-state index contributed by atoms with van der Waals surface area (Å²) in [5.74, 6) is -0.671. The molecule has 60 valence electrons. The van der Waals surface area contributed by atoms with E-state index in [0.717, 1.165) is 6.42 Å². The molecule has 0 spiro atoms. The number of hydrogen-bond acceptors (Lipinski definition) is 3. The van der Waals surface area contributed by atoms with Crippen molar-refractivity contribution in [2.45, 2.75) is 13.3 Å². The second-order valence-electron chi connectivity index (χ2n) is 2.00. The molecule has 0 unspecified atom stereocenters. The first kappa shape index (κ1) is 7.91. The molecule has 4 heteroatoms. The Balaban J connectivity index is 2.62. The molecular formula is C7H9FN2O. The summed E-state index contributed by atoms with van der Waals surface area (Å²) in [5.41, 5.74) is 0. The van der Waals surface area contributed by atoms with Gasteiger partial charge in [-0.1, -0.05) is 6.92 Å². The minimum atomic E-state index is -0.652. The lowest BCUT2D eigenvalue weighted by molar-refractivity contribution is 0.283. The maximum atomic E-state index is 12.6. The predicted molar refractivity (Wildman–Crippen MR) is 37.8 cm³/mol. The largest absolute Gasteiger partial charge is 0.474 e. The van der Waals surface area contributed by atoms with E-state index >= 15 is 0 Å². The second kappa shape index (κ2) is 3.85. The fourth-order valence-electron chi connectivity index (χ4n) is 0.604. The zero-order valence-electron chi connectivity index (χ0n) is 6.25. The van der Waals surface area contributed by atoms with Crippen LogP contribution in [0.5, 0.6) is 5.88 Å². The standard InChI is InChI=1S/C7H9FN2O/c1-2-5-11-7-6(8)9-3-4-10-7/h3-4H,2,5H2,1H3. The van der Waals surface area contributed by atoms with Gasteiger partial charge in [0.2, 0.25) is 0 Å². The van der Waals surface area contributed by atoms with E-state index in [1.165, 1.54) is 12.4 Å². The van der Waals surface area contributed by atoms with Crippen LogP contribution in [-0.4, -0.2) is 16.6 Å². The molecule has 1 rings (SSSR count). The molecule has 0 radical (unpaired) electrons. The number of ether oxygens (including phenoxy) is 1. The number of hydrogen-bond donors (Lipinski definition) is 0. The van der Waals surface area contributed by atoms with Crippen LogP contribution < -0.4 is 4.74 Å². The van der Waals surface area contributed by atoms with Crippen molar-refractivity contribution >= 4 is 0 Å². The summed E-state index contributed by atoms with van der Waals surface area (Å²) in [4.78, 5) is 7.03. The molecule has 1 heterocycles. The third-order valence-electron chi connectivity index (χ3n) is 1.07. The Morgan fingerprint density at radius 2 is 2.18 bits per heavy atom. The lowest BCUT2D eigenvalue weighted by Crippen LogP contribution is -2.00. The van der Waals surface area contributed by atoms with E-state index in [2.05, 4.69) is 9.97 Å². The van der Waals surface area contributed by atoms with Gasteiger partial charge in [0.25, 0.3) is 11.8 Å². The normalized spacial score (nSPS) is 9.64. The molecule has 0 aliphatic carbocycles. The van der Waals surface area contributed by atoms with Crippen LogP contribution >= 0.6 is 0 Å². The van der Waals surface area contributed by atoms with Gasteiger partial charge in [-0.25, -0.2) is 9.97 Å². The van der Waals surface area contributed by atoms with Crippen molar-refractivity contribution in [3.63, 3.8) is 0 Å². The summed E-state index contributed by atoms with van der Waals surface area (Å²) < 4.78 is 17.6. The van der Waals surface area contributed by atoms with Gasteiger partial charge in [0, 0.05) is 12.4 Å². The molecular weight excluding hydrogens is 147 g/mol. The maximum Gasteiger partial charge on any atom is 0.275 e. The highest BCUT2D eigenvalue weighted by Gasteiger charge is 2.02. The third-order valence-corrected chi connectivity index (χ3v) is 1.07. The molecule has 0 saturated carbocycles. The van der Waals surface area contributed by atoms with E-state index in [9.17, 15) is 4.39 Å². The quantitative estimate of drug-likeness (QED) is 0.663. The summed E-state index contributed by atoms with van der Waals surface area (Å²) in [5, 5.41) is 0. The zero-order valence-corrected chi connectivity index (χ0v) is 6.25. The van der Waals surface area contributed by atoms with Crippen LogP contribution in [0.15, 0.2) is 12.4 Å². The molecule has 0 aromatic carbocycles. The van der Waals surface area contributed by atoms with Crippen LogP contribution in [0.1, 0.15) is 13.3 Å². The molecule has 0 saturated heterocycles. The SMILES string of the molecule is CCCOc1nccnc1F. The minimum absolute atomic E-state index is 0.0191. The summed E-state index contributed by atoms with van der Waals surface area (Å²) in [7, 11) is 0. The Morgan fingerprint density at radius 3 is 2.82 bits per heavy atom. The lowest BCUT2D eigenvalue weighted by atomic mass is 10.5. The van der Waals surface area contributed by atoms with Crippen molar-refractivity contribution in [3.8, 4) is 5.88 Å². The van der Waals surface area contributed by atoms with Crippen LogP contribution in [0.3, 0.4) is 0 Å². The Labute approximate surface area is 64.2 Å². The Kier molecular flexibility index (Phi) is 2.77. The molecule has 1 aromatic heterocycles. The molecule has 0 atom stereocenters. The number of nitrogens with zero attached hydrogens (tertiary/aromatic N) is 2. The topological polar surface area (TPSA) is 35.0 Å². The fraction of sp³-hybridized carbons (Fsp3) is 0.429. The molecule has 0 bridgehead atoms. The van der Waals surface area contributed by atoms with Crippen molar-refractivity contribution < 1.29 is 9.13 Å². The highest BCUT2D eigenvalue weighted by atomic mass is 19.1. The molecule has 1 aromatic rings. The van der Waals surface area contributed by atoms with Gasteiger partial charge in [-0.15, -0.1) is 0 Å². The van der Waals surface area contributed by atoms with Crippen molar-refractivity contribution in [2.24, 2.45) is 0 Å². The highest BCUT2D eigenvalue weighted by Crippen LogP contribution is 2.07. The van der Waals surface area contributed by atoms with Crippen molar-refractivity contribution in [1.82, 2.24) is 9.97 Å². The van der Waals surface area contributed by atoms with Crippen molar-refractivity contribution in [1.29, 1.82) is 0 Å². The average Bonchev–Trinajstić information content (AvgIpc) is 2.03. The van der Waals surface area contributed by atoms with Gasteiger partial charge in [0.15, 0.2) is 0 Å². The summed E-state index contributed by atoms with van der Waals surface area (Å²) in [6.45, 7) is 2.41. The van der Waals surface area contributed by atoms with Gasteiger partial charge in [0.05, 0.1) is 6.61 Å². The molecule has 0 N–H and O–H groups in total. The Bertz CT molecular complexity index is 229. The van der Waals surface area contributed by atoms with E-state index in [-0.39, 0.29) is 5.88 Å². The smallest absolute Gasteiger partial charge is 0.275 e. The van der Waals surface area contributed by atoms with E-state index in [4.69, 9.17) is 4.74 Å².